The van der Waals surface area contributed by atoms with Gasteiger partial charge in [0.1, 0.15) is 0 Å². The van der Waals surface area contributed by atoms with Crippen LogP contribution in [0.2, 0.25) is 0 Å². The second-order valence-corrected chi connectivity index (χ2v) is 8.68. The molecule has 4 saturated carbocycles. The molecule has 1 aromatic carbocycles. The maximum atomic E-state index is 14.7. The van der Waals surface area contributed by atoms with Crippen LogP contribution in [0, 0.1) is 23.6 Å². The summed E-state index contributed by atoms with van der Waals surface area (Å²) in [4.78, 5) is 15.1. The van der Waals surface area contributed by atoms with E-state index < -0.39 is 5.82 Å². The number of hydrogen-bond donors (Lipinski definition) is 1. The van der Waals surface area contributed by atoms with Gasteiger partial charge in [-0.25, -0.2) is 4.39 Å². The van der Waals surface area contributed by atoms with Gasteiger partial charge in [-0.2, -0.15) is 0 Å². The number of nitrogens with zero attached hydrogens (tertiary/aromatic N) is 1. The molecule has 6 rings (SSSR count). The van der Waals surface area contributed by atoms with Crippen LogP contribution in [0.3, 0.4) is 0 Å². The molecule has 1 heterocycles. The second kappa shape index (κ2) is 5.63. The average molecular weight is 351 g/mol. The van der Waals surface area contributed by atoms with E-state index in [2.05, 4.69) is 4.98 Å². The van der Waals surface area contributed by atoms with E-state index >= 15 is 0 Å². The van der Waals surface area contributed by atoms with Crippen molar-refractivity contribution >= 4 is 6.29 Å². The first kappa shape index (κ1) is 16.0. The summed E-state index contributed by atoms with van der Waals surface area (Å²) in [5, 5.41) is 10.6. The molecule has 0 amide bonds. The Kier molecular flexibility index (Phi) is 3.46. The van der Waals surface area contributed by atoms with Crippen molar-refractivity contribution in [3.63, 3.8) is 0 Å². The molecule has 134 valence electrons. The summed E-state index contributed by atoms with van der Waals surface area (Å²) in [6.07, 6.45) is 10.9. The fraction of sp³-hybridized carbons (Fsp3) is 0.455. The van der Waals surface area contributed by atoms with Crippen LogP contribution < -0.4 is 0 Å². The van der Waals surface area contributed by atoms with Gasteiger partial charge >= 0.3 is 0 Å². The highest BCUT2D eigenvalue weighted by atomic mass is 19.1. The largest absolute Gasteiger partial charge is 0.505 e. The topological polar surface area (TPSA) is 50.2 Å². The molecule has 26 heavy (non-hydrogen) atoms. The molecule has 1 aromatic heterocycles. The van der Waals surface area contributed by atoms with Crippen LogP contribution in [-0.4, -0.2) is 16.4 Å². The van der Waals surface area contributed by atoms with Crippen LogP contribution in [0.15, 0.2) is 30.6 Å². The van der Waals surface area contributed by atoms with E-state index in [0.717, 1.165) is 31.1 Å². The van der Waals surface area contributed by atoms with E-state index in [0.29, 0.717) is 34.4 Å². The first-order valence-corrected chi connectivity index (χ1v) is 9.50. The number of halogens is 1. The predicted molar refractivity (Wildman–Crippen MR) is 96.5 cm³/mol. The summed E-state index contributed by atoms with van der Waals surface area (Å²) >= 11 is 0. The molecule has 0 unspecified atom stereocenters. The maximum absolute atomic E-state index is 14.7. The number of pyridine rings is 1. The Morgan fingerprint density at radius 3 is 2.27 bits per heavy atom. The average Bonchev–Trinajstić information content (AvgIpc) is 2.62. The van der Waals surface area contributed by atoms with Crippen molar-refractivity contribution in [1.82, 2.24) is 4.98 Å². The van der Waals surface area contributed by atoms with Crippen LogP contribution >= 0.6 is 0 Å². The molecular weight excluding hydrogens is 329 g/mol. The molecule has 4 heteroatoms. The molecule has 4 fully saturated rings. The van der Waals surface area contributed by atoms with Gasteiger partial charge in [-0.3, -0.25) is 9.78 Å². The van der Waals surface area contributed by atoms with E-state index in [9.17, 15) is 14.3 Å². The monoisotopic (exact) mass is 351 g/mol. The number of hydrogen-bond acceptors (Lipinski definition) is 3. The SMILES string of the molecule is O=Cc1cncc(-c2cc(F)c(O)c(C34CC5CC(CC(C5)C3)C4)c2)c1. The summed E-state index contributed by atoms with van der Waals surface area (Å²) in [6.45, 7) is 0. The zero-order chi connectivity index (χ0) is 17.9. The minimum absolute atomic E-state index is 0.0919. The third-order valence-electron chi connectivity index (χ3n) is 6.90. The molecule has 0 saturated heterocycles. The van der Waals surface area contributed by atoms with E-state index in [-0.39, 0.29) is 11.2 Å². The summed E-state index contributed by atoms with van der Waals surface area (Å²) in [6, 6.07) is 5.01. The minimum atomic E-state index is -0.579. The van der Waals surface area contributed by atoms with Crippen LogP contribution in [-0.2, 0) is 5.41 Å². The van der Waals surface area contributed by atoms with Gasteiger partial charge in [-0.05, 0) is 85.5 Å². The van der Waals surface area contributed by atoms with Crippen LogP contribution in [0.25, 0.3) is 11.1 Å². The zero-order valence-corrected chi connectivity index (χ0v) is 14.6. The van der Waals surface area contributed by atoms with Gasteiger partial charge in [0.25, 0.3) is 0 Å². The highest BCUT2D eigenvalue weighted by Gasteiger charge is 2.52. The Morgan fingerprint density at radius 2 is 1.65 bits per heavy atom. The van der Waals surface area contributed by atoms with Crippen molar-refractivity contribution in [2.75, 3.05) is 0 Å². The molecule has 0 radical (unpaired) electrons. The van der Waals surface area contributed by atoms with Gasteiger partial charge in [0.05, 0.1) is 0 Å². The lowest BCUT2D eigenvalue weighted by atomic mass is 9.48. The summed E-state index contributed by atoms with van der Waals surface area (Å²) in [5.41, 5.74) is 2.53. The Bertz CT molecular complexity index is 856. The van der Waals surface area contributed by atoms with Gasteiger partial charge in [-0.1, -0.05) is 0 Å². The van der Waals surface area contributed by atoms with Gasteiger partial charge in [0, 0.05) is 29.1 Å². The Balaban J connectivity index is 1.63. The molecule has 0 atom stereocenters. The van der Waals surface area contributed by atoms with Crippen LogP contribution in [0.5, 0.6) is 5.75 Å². The van der Waals surface area contributed by atoms with E-state index in [1.165, 1.54) is 31.5 Å². The van der Waals surface area contributed by atoms with Crippen molar-refractivity contribution < 1.29 is 14.3 Å². The fourth-order valence-electron chi connectivity index (χ4n) is 6.29. The summed E-state index contributed by atoms with van der Waals surface area (Å²) in [5.74, 6) is 1.38. The zero-order valence-electron chi connectivity index (χ0n) is 14.6. The summed E-state index contributed by atoms with van der Waals surface area (Å²) in [7, 11) is 0. The Labute approximate surface area is 152 Å². The molecule has 4 bridgehead atoms. The summed E-state index contributed by atoms with van der Waals surface area (Å²) < 4.78 is 14.7. The smallest absolute Gasteiger partial charge is 0.165 e. The number of aromatic nitrogens is 1. The molecule has 4 aliphatic rings. The third-order valence-corrected chi connectivity index (χ3v) is 6.90. The number of carbonyl (C=O) groups excluding carboxylic acids is 1. The quantitative estimate of drug-likeness (QED) is 0.802. The van der Waals surface area contributed by atoms with Crippen molar-refractivity contribution in [1.29, 1.82) is 0 Å². The number of carbonyl (C=O) groups is 1. The normalized spacial score (nSPS) is 32.0. The number of rotatable bonds is 3. The maximum Gasteiger partial charge on any atom is 0.165 e. The molecule has 1 N–H and O–H groups in total. The number of aromatic hydroxyl groups is 1. The number of phenols is 1. The standard InChI is InChI=1S/C22H22FNO2/c23-20-6-17(18-4-16(12-25)10-24-11-18)5-19(21(20)26)22-7-13-1-14(8-22)3-15(2-13)9-22/h4-6,10-15,26H,1-3,7-9H2. The molecular formula is C22H22FNO2. The molecule has 3 nitrogen and oxygen atoms in total. The molecule has 0 aliphatic heterocycles. The van der Waals surface area contributed by atoms with Gasteiger partial charge < -0.3 is 5.11 Å². The van der Waals surface area contributed by atoms with Gasteiger partial charge in [0.15, 0.2) is 17.9 Å². The Hall–Kier alpha value is -2.23. The predicted octanol–water partition coefficient (Wildman–Crippen LogP) is 4.87. The Morgan fingerprint density at radius 1 is 1.00 bits per heavy atom. The van der Waals surface area contributed by atoms with Crippen molar-refractivity contribution in [3.05, 3.63) is 47.5 Å². The number of benzene rings is 1. The van der Waals surface area contributed by atoms with Crippen molar-refractivity contribution in [3.8, 4) is 16.9 Å². The van der Waals surface area contributed by atoms with Crippen LogP contribution in [0.1, 0.15) is 54.4 Å². The highest BCUT2D eigenvalue weighted by Crippen LogP contribution is 2.62. The molecule has 0 spiro atoms. The van der Waals surface area contributed by atoms with Gasteiger partial charge in [-0.15, -0.1) is 0 Å². The first-order valence-electron chi connectivity index (χ1n) is 9.50. The highest BCUT2D eigenvalue weighted by molar-refractivity contribution is 5.78. The lowest BCUT2D eigenvalue weighted by Gasteiger charge is -2.57. The van der Waals surface area contributed by atoms with E-state index in [4.69, 9.17) is 0 Å². The van der Waals surface area contributed by atoms with Crippen molar-refractivity contribution in [2.24, 2.45) is 17.8 Å². The minimum Gasteiger partial charge on any atom is -0.505 e. The molecule has 2 aromatic rings. The molecule has 4 aliphatic carbocycles. The van der Waals surface area contributed by atoms with Gasteiger partial charge in [0.2, 0.25) is 0 Å². The van der Waals surface area contributed by atoms with Crippen molar-refractivity contribution in [2.45, 2.75) is 43.9 Å². The third kappa shape index (κ3) is 2.38. The first-order chi connectivity index (χ1) is 12.6. The number of aldehydes is 1. The number of phenolic OH excluding ortho intramolecular Hbond substituents is 1. The van der Waals surface area contributed by atoms with E-state index in [1.807, 2.05) is 6.07 Å². The second-order valence-electron chi connectivity index (χ2n) is 8.68. The lowest BCUT2D eigenvalue weighted by Crippen LogP contribution is -2.48. The van der Waals surface area contributed by atoms with Crippen LogP contribution in [0.4, 0.5) is 4.39 Å². The fourth-order valence-corrected chi connectivity index (χ4v) is 6.29. The van der Waals surface area contributed by atoms with E-state index in [1.54, 1.807) is 12.3 Å². The lowest BCUT2D eigenvalue weighted by molar-refractivity contribution is -0.00632.